The van der Waals surface area contributed by atoms with Crippen molar-refractivity contribution in [3.8, 4) is 0 Å². The van der Waals surface area contributed by atoms with Gasteiger partial charge in [0.1, 0.15) is 11.9 Å². The van der Waals surface area contributed by atoms with Gasteiger partial charge >= 0.3 is 0 Å². The van der Waals surface area contributed by atoms with Crippen molar-refractivity contribution in [2.75, 3.05) is 4.90 Å². The second-order valence-electron chi connectivity index (χ2n) is 6.72. The summed E-state index contributed by atoms with van der Waals surface area (Å²) >= 11 is 0. The highest BCUT2D eigenvalue weighted by atomic mass is 19.3. The number of anilines is 1. The first-order chi connectivity index (χ1) is 12.8. The van der Waals surface area contributed by atoms with Crippen LogP contribution in [0.5, 0.6) is 0 Å². The van der Waals surface area contributed by atoms with Crippen LogP contribution in [-0.4, -0.2) is 24.3 Å². The fourth-order valence-corrected chi connectivity index (χ4v) is 3.26. The van der Waals surface area contributed by atoms with Crippen molar-refractivity contribution in [2.24, 2.45) is 0 Å². The number of aryl methyl sites for hydroxylation is 1. The van der Waals surface area contributed by atoms with E-state index in [0.29, 0.717) is 12.0 Å². The summed E-state index contributed by atoms with van der Waals surface area (Å²) in [6.45, 7) is 1.78. The molecule has 1 saturated carbocycles. The van der Waals surface area contributed by atoms with Crippen molar-refractivity contribution in [1.29, 1.82) is 0 Å². The van der Waals surface area contributed by atoms with E-state index in [1.165, 1.54) is 18.2 Å². The first-order valence-corrected chi connectivity index (χ1v) is 8.54. The lowest BCUT2D eigenvalue weighted by molar-refractivity contribution is -0.131. The number of carbonyl (C=O) groups is 2. The highest BCUT2D eigenvalue weighted by molar-refractivity contribution is 5.93. The Morgan fingerprint density at radius 3 is 2.52 bits per heavy atom. The topological polar surface area (TPSA) is 49.4 Å². The smallest absolute Gasteiger partial charge is 0.252 e. The lowest BCUT2D eigenvalue weighted by Gasteiger charge is -2.37. The van der Waals surface area contributed by atoms with Crippen molar-refractivity contribution in [2.45, 2.75) is 37.8 Å². The molecule has 0 bridgehead atoms. The lowest BCUT2D eigenvalue weighted by Crippen LogP contribution is -2.53. The normalized spacial score (nSPS) is 16.9. The first-order valence-electron chi connectivity index (χ1n) is 8.54. The number of nitrogens with zero attached hydrogens (tertiary/aromatic N) is 1. The van der Waals surface area contributed by atoms with E-state index in [1.807, 2.05) is 0 Å². The summed E-state index contributed by atoms with van der Waals surface area (Å²) in [6, 6.07) is 10.5. The zero-order valence-corrected chi connectivity index (χ0v) is 14.7. The van der Waals surface area contributed by atoms with Crippen LogP contribution in [0.1, 0.15) is 30.0 Å². The van der Waals surface area contributed by atoms with Gasteiger partial charge in [0.2, 0.25) is 12.3 Å². The Morgan fingerprint density at radius 2 is 1.93 bits per heavy atom. The molecule has 1 atom stereocenters. The fraction of sp³-hybridized carbons (Fsp3) is 0.300. The van der Waals surface area contributed by atoms with Crippen LogP contribution in [0.15, 0.2) is 48.5 Å². The van der Waals surface area contributed by atoms with Crippen LogP contribution in [0, 0.1) is 12.7 Å². The van der Waals surface area contributed by atoms with Crippen LogP contribution in [0.3, 0.4) is 0 Å². The van der Waals surface area contributed by atoms with Gasteiger partial charge in [-0.15, -0.1) is 0 Å². The third kappa shape index (κ3) is 4.13. The van der Waals surface area contributed by atoms with Crippen LogP contribution in [0.4, 0.5) is 18.9 Å². The second-order valence-corrected chi connectivity index (χ2v) is 6.72. The number of carbonyl (C=O) groups excluding carboxylic acids is 2. The molecule has 0 radical (unpaired) electrons. The van der Waals surface area contributed by atoms with Crippen LogP contribution in [-0.2, 0) is 9.59 Å². The number of alkyl halides is 2. The molecule has 142 valence electrons. The van der Waals surface area contributed by atoms with Crippen molar-refractivity contribution < 1.29 is 22.8 Å². The van der Waals surface area contributed by atoms with E-state index < -0.39 is 42.6 Å². The molecule has 0 heterocycles. The molecule has 0 aliphatic heterocycles. The van der Waals surface area contributed by atoms with Gasteiger partial charge in [-0.3, -0.25) is 14.5 Å². The molecule has 1 aliphatic rings. The maximum absolute atomic E-state index is 13.6. The number of rotatable bonds is 6. The minimum atomic E-state index is -2.77. The molecule has 3 rings (SSSR count). The Bertz CT molecular complexity index is 849. The fourth-order valence-electron chi connectivity index (χ4n) is 3.26. The van der Waals surface area contributed by atoms with E-state index in [1.54, 1.807) is 31.2 Å². The molecule has 2 amide bonds. The van der Waals surface area contributed by atoms with Crippen LogP contribution >= 0.6 is 0 Å². The SMILES string of the molecule is Cc1ccccc1[C@@H](C(=O)NC1CC(F)(F)C1)N(C=O)c1cccc(F)c1. The summed E-state index contributed by atoms with van der Waals surface area (Å²) in [6.07, 6.45) is -0.415. The summed E-state index contributed by atoms with van der Waals surface area (Å²) in [5, 5.41) is 2.58. The molecule has 0 unspecified atom stereocenters. The van der Waals surface area contributed by atoms with Gasteiger partial charge in [-0.1, -0.05) is 30.3 Å². The summed E-state index contributed by atoms with van der Waals surface area (Å²) in [7, 11) is 0. The van der Waals surface area contributed by atoms with E-state index >= 15 is 0 Å². The quantitative estimate of drug-likeness (QED) is 0.781. The lowest BCUT2D eigenvalue weighted by atomic mass is 9.87. The van der Waals surface area contributed by atoms with E-state index in [-0.39, 0.29) is 5.69 Å². The minimum absolute atomic E-state index is 0.201. The van der Waals surface area contributed by atoms with Gasteiger partial charge in [-0.25, -0.2) is 13.2 Å². The number of nitrogens with one attached hydrogen (secondary N) is 1. The molecule has 1 N–H and O–H groups in total. The standard InChI is InChI=1S/C20H19F3N2O2/c1-13-5-2-3-8-17(13)18(19(27)24-15-10-20(22,23)11-15)25(12-26)16-7-4-6-14(21)9-16/h2-9,12,15,18H,10-11H2,1H3,(H,24,27)/t18-/m0/s1. The van der Waals surface area contributed by atoms with Crippen molar-refractivity contribution in [1.82, 2.24) is 5.32 Å². The van der Waals surface area contributed by atoms with E-state index in [9.17, 15) is 22.8 Å². The highest BCUT2D eigenvalue weighted by Gasteiger charge is 2.46. The first kappa shape index (κ1) is 18.9. The summed E-state index contributed by atoms with van der Waals surface area (Å²) in [5.74, 6) is -3.91. The molecule has 2 aromatic rings. The van der Waals surface area contributed by atoms with Crippen LogP contribution in [0.2, 0.25) is 0 Å². The van der Waals surface area contributed by atoms with Crippen molar-refractivity contribution in [3.63, 3.8) is 0 Å². The largest absolute Gasteiger partial charge is 0.351 e. The van der Waals surface area contributed by atoms with E-state index in [2.05, 4.69) is 5.32 Å². The maximum atomic E-state index is 13.6. The van der Waals surface area contributed by atoms with E-state index in [4.69, 9.17) is 0 Å². The van der Waals surface area contributed by atoms with Gasteiger partial charge in [0.05, 0.1) is 0 Å². The molecular formula is C20H19F3N2O2. The minimum Gasteiger partial charge on any atom is -0.351 e. The number of halogens is 3. The third-order valence-corrected chi connectivity index (χ3v) is 4.67. The highest BCUT2D eigenvalue weighted by Crippen LogP contribution is 2.38. The molecule has 4 nitrogen and oxygen atoms in total. The zero-order chi connectivity index (χ0) is 19.6. The summed E-state index contributed by atoms with van der Waals surface area (Å²) in [4.78, 5) is 25.9. The molecule has 0 spiro atoms. The Labute approximate surface area is 155 Å². The number of hydrogen-bond acceptors (Lipinski definition) is 2. The second kappa shape index (κ2) is 7.42. The summed E-state index contributed by atoms with van der Waals surface area (Å²) < 4.78 is 39.8. The van der Waals surface area contributed by atoms with Gasteiger partial charge in [-0.05, 0) is 36.2 Å². The van der Waals surface area contributed by atoms with Gasteiger partial charge < -0.3 is 5.32 Å². The van der Waals surface area contributed by atoms with Crippen molar-refractivity contribution >= 4 is 18.0 Å². The Hall–Kier alpha value is -2.83. The average Bonchev–Trinajstić information content (AvgIpc) is 2.58. The number of amides is 2. The molecule has 1 aliphatic carbocycles. The Morgan fingerprint density at radius 1 is 1.22 bits per heavy atom. The van der Waals surface area contributed by atoms with E-state index in [0.717, 1.165) is 16.5 Å². The molecular weight excluding hydrogens is 357 g/mol. The monoisotopic (exact) mass is 376 g/mol. The van der Waals surface area contributed by atoms with Gasteiger partial charge in [0.25, 0.3) is 5.92 Å². The van der Waals surface area contributed by atoms with Gasteiger partial charge in [-0.2, -0.15) is 0 Å². The molecule has 2 aromatic carbocycles. The molecule has 27 heavy (non-hydrogen) atoms. The molecule has 1 fully saturated rings. The Kier molecular flexibility index (Phi) is 5.21. The predicted octanol–water partition coefficient (Wildman–Crippen LogP) is 3.75. The van der Waals surface area contributed by atoms with Gasteiger partial charge in [0, 0.05) is 24.6 Å². The maximum Gasteiger partial charge on any atom is 0.252 e. The van der Waals surface area contributed by atoms with Crippen molar-refractivity contribution in [3.05, 3.63) is 65.5 Å². The number of hydrogen-bond donors (Lipinski definition) is 1. The third-order valence-electron chi connectivity index (χ3n) is 4.67. The van der Waals surface area contributed by atoms with Crippen LogP contribution in [0.25, 0.3) is 0 Å². The average molecular weight is 376 g/mol. The van der Waals surface area contributed by atoms with Gasteiger partial charge in [0.15, 0.2) is 0 Å². The molecule has 7 heteroatoms. The zero-order valence-electron chi connectivity index (χ0n) is 14.7. The summed E-state index contributed by atoms with van der Waals surface area (Å²) in [5.41, 5.74) is 1.49. The molecule has 0 aromatic heterocycles. The number of benzene rings is 2. The van der Waals surface area contributed by atoms with Crippen LogP contribution < -0.4 is 10.2 Å². The predicted molar refractivity (Wildman–Crippen MR) is 95.0 cm³/mol. The Balaban J connectivity index is 1.95. The molecule has 0 saturated heterocycles.